The highest BCUT2D eigenvalue weighted by Crippen LogP contribution is 2.28. The van der Waals surface area contributed by atoms with Crippen LogP contribution in [0.2, 0.25) is 0 Å². The Kier molecular flexibility index (Phi) is 3.29. The fraction of sp³-hybridized carbons (Fsp3) is 0.917. The second-order valence-corrected chi connectivity index (χ2v) is 5.33. The molecule has 0 bridgehead atoms. The molecule has 1 saturated heterocycles. The van der Waals surface area contributed by atoms with Crippen molar-refractivity contribution in [3.8, 4) is 0 Å². The molecule has 2 rings (SSSR count). The maximum atomic E-state index is 12.2. The summed E-state index contributed by atoms with van der Waals surface area (Å²) in [7, 11) is 0. The number of nitrogens with zero attached hydrogens (tertiary/aromatic N) is 1. The van der Waals surface area contributed by atoms with Gasteiger partial charge in [0.05, 0.1) is 0 Å². The quantitative estimate of drug-likeness (QED) is 0.710. The second-order valence-electron chi connectivity index (χ2n) is 5.33. The zero-order valence-corrected chi connectivity index (χ0v) is 9.61. The summed E-state index contributed by atoms with van der Waals surface area (Å²) in [6.45, 7) is 3.89. The Morgan fingerprint density at radius 3 is 2.53 bits per heavy atom. The molecule has 86 valence electrons. The van der Waals surface area contributed by atoms with Crippen molar-refractivity contribution in [3.63, 3.8) is 0 Å². The van der Waals surface area contributed by atoms with Crippen LogP contribution in [0.3, 0.4) is 0 Å². The van der Waals surface area contributed by atoms with Gasteiger partial charge in [-0.2, -0.15) is 0 Å². The first-order chi connectivity index (χ1) is 7.16. The van der Waals surface area contributed by atoms with Crippen LogP contribution < -0.4 is 5.73 Å². The Morgan fingerprint density at radius 2 is 1.93 bits per heavy atom. The minimum atomic E-state index is 0.194. The van der Waals surface area contributed by atoms with Crippen LogP contribution >= 0.6 is 0 Å². The van der Waals surface area contributed by atoms with Gasteiger partial charge in [0.15, 0.2) is 0 Å². The summed E-state index contributed by atoms with van der Waals surface area (Å²) in [5.74, 6) is 1.25. The van der Waals surface area contributed by atoms with Crippen molar-refractivity contribution in [2.24, 2.45) is 17.6 Å². The molecule has 2 atom stereocenters. The predicted molar refractivity (Wildman–Crippen MR) is 60.3 cm³/mol. The lowest BCUT2D eigenvalue weighted by atomic mass is 9.95. The summed E-state index contributed by atoms with van der Waals surface area (Å²) in [6.07, 6.45) is 5.71. The first kappa shape index (κ1) is 10.9. The fourth-order valence-electron chi connectivity index (χ4n) is 3.01. The lowest BCUT2D eigenvalue weighted by Gasteiger charge is -2.36. The van der Waals surface area contributed by atoms with Crippen molar-refractivity contribution < 1.29 is 4.79 Å². The second kappa shape index (κ2) is 4.52. The molecule has 0 aromatic rings. The number of likely N-dealkylation sites (tertiary alicyclic amines) is 1. The third kappa shape index (κ3) is 2.51. The minimum Gasteiger partial charge on any atom is -0.341 e. The van der Waals surface area contributed by atoms with Gasteiger partial charge < -0.3 is 10.6 Å². The van der Waals surface area contributed by atoms with Gasteiger partial charge in [-0.05, 0) is 25.2 Å². The molecule has 2 N–H and O–H groups in total. The van der Waals surface area contributed by atoms with Gasteiger partial charge in [0.2, 0.25) is 5.91 Å². The van der Waals surface area contributed by atoms with E-state index in [1.165, 1.54) is 12.8 Å². The van der Waals surface area contributed by atoms with Gasteiger partial charge in [-0.15, -0.1) is 0 Å². The smallest absolute Gasteiger partial charge is 0.225 e. The molecular weight excluding hydrogens is 188 g/mol. The molecule has 1 aliphatic carbocycles. The Bertz CT molecular complexity index is 226. The zero-order chi connectivity index (χ0) is 10.8. The molecule has 0 spiro atoms. The van der Waals surface area contributed by atoms with E-state index in [-0.39, 0.29) is 6.04 Å². The molecule has 1 aliphatic heterocycles. The van der Waals surface area contributed by atoms with Crippen LogP contribution in [0.1, 0.15) is 39.0 Å². The minimum absolute atomic E-state index is 0.194. The number of hydrogen-bond donors (Lipinski definition) is 1. The van der Waals surface area contributed by atoms with E-state index in [0.717, 1.165) is 32.4 Å². The highest BCUT2D eigenvalue weighted by molar-refractivity contribution is 5.79. The van der Waals surface area contributed by atoms with E-state index in [1.807, 2.05) is 4.90 Å². The normalized spacial score (nSPS) is 33.3. The number of rotatable bonds is 1. The van der Waals surface area contributed by atoms with Crippen LogP contribution in [-0.4, -0.2) is 29.9 Å². The lowest BCUT2D eigenvalue weighted by Crippen LogP contribution is -2.50. The van der Waals surface area contributed by atoms with Gasteiger partial charge in [-0.3, -0.25) is 4.79 Å². The molecule has 3 heteroatoms. The van der Waals surface area contributed by atoms with Gasteiger partial charge in [-0.25, -0.2) is 0 Å². The summed E-state index contributed by atoms with van der Waals surface area (Å²) in [5.41, 5.74) is 5.96. The molecule has 3 nitrogen and oxygen atoms in total. The number of nitrogens with two attached hydrogens (primary N) is 1. The van der Waals surface area contributed by atoms with Crippen molar-refractivity contribution in [1.29, 1.82) is 0 Å². The molecule has 0 aromatic carbocycles. The summed E-state index contributed by atoms with van der Waals surface area (Å²) >= 11 is 0. The molecule has 2 unspecified atom stereocenters. The van der Waals surface area contributed by atoms with Gasteiger partial charge in [-0.1, -0.05) is 19.8 Å². The first-order valence-corrected chi connectivity index (χ1v) is 6.21. The Labute approximate surface area is 92.0 Å². The van der Waals surface area contributed by atoms with Gasteiger partial charge in [0.1, 0.15) is 0 Å². The van der Waals surface area contributed by atoms with E-state index in [1.54, 1.807) is 0 Å². The topological polar surface area (TPSA) is 46.3 Å². The van der Waals surface area contributed by atoms with Crippen LogP contribution in [-0.2, 0) is 4.79 Å². The summed E-state index contributed by atoms with van der Waals surface area (Å²) in [4.78, 5) is 14.2. The van der Waals surface area contributed by atoms with E-state index < -0.39 is 0 Å². The van der Waals surface area contributed by atoms with E-state index >= 15 is 0 Å². The molecule has 15 heavy (non-hydrogen) atoms. The van der Waals surface area contributed by atoms with Crippen LogP contribution in [0.15, 0.2) is 0 Å². The van der Waals surface area contributed by atoms with Gasteiger partial charge in [0.25, 0.3) is 0 Å². The number of hydrogen-bond acceptors (Lipinski definition) is 2. The Morgan fingerprint density at radius 1 is 1.27 bits per heavy atom. The van der Waals surface area contributed by atoms with Crippen molar-refractivity contribution in [1.82, 2.24) is 4.90 Å². The molecule has 1 amide bonds. The molecular formula is C12H22N2O. The highest BCUT2D eigenvalue weighted by atomic mass is 16.2. The number of amides is 1. The van der Waals surface area contributed by atoms with Gasteiger partial charge >= 0.3 is 0 Å². The highest BCUT2D eigenvalue weighted by Gasteiger charge is 2.31. The summed E-state index contributed by atoms with van der Waals surface area (Å²) < 4.78 is 0. The standard InChI is InChI=1S/C12H22N2O/c1-9-6-11(13)8-14(7-9)12(15)10-4-2-3-5-10/h9-11H,2-8,13H2,1H3. The number of piperidine rings is 1. The van der Waals surface area contributed by atoms with Crippen LogP contribution in [0.4, 0.5) is 0 Å². The van der Waals surface area contributed by atoms with Crippen molar-refractivity contribution in [3.05, 3.63) is 0 Å². The van der Waals surface area contributed by atoms with Crippen molar-refractivity contribution in [2.75, 3.05) is 13.1 Å². The maximum Gasteiger partial charge on any atom is 0.225 e. The van der Waals surface area contributed by atoms with E-state index in [9.17, 15) is 4.79 Å². The molecule has 2 fully saturated rings. The largest absolute Gasteiger partial charge is 0.341 e. The van der Waals surface area contributed by atoms with Crippen molar-refractivity contribution in [2.45, 2.75) is 45.1 Å². The van der Waals surface area contributed by atoms with E-state index in [2.05, 4.69) is 6.92 Å². The molecule has 0 radical (unpaired) electrons. The van der Waals surface area contributed by atoms with Gasteiger partial charge in [0, 0.05) is 25.0 Å². The average molecular weight is 210 g/mol. The van der Waals surface area contributed by atoms with Crippen molar-refractivity contribution >= 4 is 5.91 Å². The Balaban J connectivity index is 1.93. The Hall–Kier alpha value is -0.570. The zero-order valence-electron chi connectivity index (χ0n) is 9.61. The number of carbonyl (C=O) groups is 1. The lowest BCUT2D eigenvalue weighted by molar-refractivity contribution is -0.137. The number of carbonyl (C=O) groups excluding carboxylic acids is 1. The average Bonchev–Trinajstić information content (AvgIpc) is 2.67. The molecule has 0 aromatic heterocycles. The maximum absolute atomic E-state index is 12.2. The SMILES string of the molecule is CC1CC(N)CN(C(=O)C2CCCC2)C1. The fourth-order valence-corrected chi connectivity index (χ4v) is 3.01. The third-order valence-electron chi connectivity index (χ3n) is 3.71. The third-order valence-corrected chi connectivity index (χ3v) is 3.71. The van der Waals surface area contributed by atoms with E-state index in [4.69, 9.17) is 5.73 Å². The monoisotopic (exact) mass is 210 g/mol. The molecule has 1 saturated carbocycles. The summed E-state index contributed by atoms with van der Waals surface area (Å²) in [5, 5.41) is 0. The molecule has 1 heterocycles. The van der Waals surface area contributed by atoms with Crippen LogP contribution in [0.25, 0.3) is 0 Å². The predicted octanol–water partition coefficient (Wildman–Crippen LogP) is 1.37. The van der Waals surface area contributed by atoms with Crippen LogP contribution in [0, 0.1) is 11.8 Å². The first-order valence-electron chi connectivity index (χ1n) is 6.21. The van der Waals surface area contributed by atoms with Crippen LogP contribution in [0.5, 0.6) is 0 Å². The summed E-state index contributed by atoms with van der Waals surface area (Å²) in [6, 6.07) is 0.194. The molecule has 2 aliphatic rings. The van der Waals surface area contributed by atoms with E-state index in [0.29, 0.717) is 17.7 Å².